The van der Waals surface area contributed by atoms with E-state index in [9.17, 15) is 23.1 Å². The van der Waals surface area contributed by atoms with Gasteiger partial charge >= 0.3 is 6.18 Å². The number of alkyl halides is 3. The number of carbonyl (C=O) groups excluding carboxylic acids is 1. The van der Waals surface area contributed by atoms with Crippen LogP contribution in [-0.2, 0) is 6.42 Å². The highest BCUT2D eigenvalue weighted by molar-refractivity contribution is 5.94. The second kappa shape index (κ2) is 6.60. The molecule has 2 aliphatic carbocycles. The van der Waals surface area contributed by atoms with E-state index in [0.717, 1.165) is 12.1 Å². The molecule has 2 aliphatic rings. The molecule has 0 spiro atoms. The second-order valence-electron chi connectivity index (χ2n) is 7.12. The molecule has 7 nitrogen and oxygen atoms in total. The van der Waals surface area contributed by atoms with Crippen LogP contribution in [0.2, 0.25) is 0 Å². The first-order chi connectivity index (χ1) is 13.3. The highest BCUT2D eigenvalue weighted by atomic mass is 19.4. The Labute approximate surface area is 157 Å². The zero-order valence-electron chi connectivity index (χ0n) is 14.6. The van der Waals surface area contributed by atoms with Crippen LogP contribution in [-0.4, -0.2) is 44.6 Å². The van der Waals surface area contributed by atoms with Crippen LogP contribution < -0.4 is 5.32 Å². The van der Waals surface area contributed by atoms with Gasteiger partial charge in [-0.3, -0.25) is 4.79 Å². The van der Waals surface area contributed by atoms with Gasteiger partial charge in [-0.1, -0.05) is 0 Å². The lowest BCUT2D eigenvalue weighted by Crippen LogP contribution is -2.41. The van der Waals surface area contributed by atoms with Gasteiger partial charge in [0.25, 0.3) is 5.91 Å². The van der Waals surface area contributed by atoms with Crippen molar-refractivity contribution < 1.29 is 23.1 Å². The minimum absolute atomic E-state index is 0.0481. The van der Waals surface area contributed by atoms with Crippen LogP contribution in [0.5, 0.6) is 0 Å². The number of aliphatic hydroxyl groups excluding tert-OH is 1. The van der Waals surface area contributed by atoms with Crippen LogP contribution in [0.15, 0.2) is 18.3 Å². The van der Waals surface area contributed by atoms with Crippen LogP contribution in [0.4, 0.5) is 13.2 Å². The Hall–Kier alpha value is -2.93. The topological polar surface area (TPSA) is 104 Å². The lowest BCUT2D eigenvalue weighted by Gasteiger charge is -2.17. The molecule has 2 aromatic heterocycles. The normalized spacial score (nSPS) is 20.8. The Morgan fingerprint density at radius 1 is 1.50 bits per heavy atom. The van der Waals surface area contributed by atoms with Crippen LogP contribution in [0, 0.1) is 17.2 Å². The van der Waals surface area contributed by atoms with Gasteiger partial charge in [0, 0.05) is 23.7 Å². The van der Waals surface area contributed by atoms with E-state index in [2.05, 4.69) is 15.4 Å². The van der Waals surface area contributed by atoms with Gasteiger partial charge in [0.15, 0.2) is 11.5 Å². The summed E-state index contributed by atoms with van der Waals surface area (Å²) in [4.78, 5) is 16.8. The van der Waals surface area contributed by atoms with Gasteiger partial charge in [0.05, 0.1) is 36.4 Å². The third-order valence-corrected chi connectivity index (χ3v) is 5.10. The molecule has 1 saturated carbocycles. The number of aliphatic hydroxyl groups is 1. The van der Waals surface area contributed by atoms with Crippen LogP contribution in [0.3, 0.4) is 0 Å². The minimum atomic E-state index is -4.51. The molecule has 146 valence electrons. The number of carbonyl (C=O) groups is 1. The fraction of sp³-hybridized carbons (Fsp3) is 0.444. The number of pyridine rings is 1. The Balaban J connectivity index is 1.67. The van der Waals surface area contributed by atoms with Crippen molar-refractivity contribution in [2.75, 3.05) is 6.61 Å². The lowest BCUT2D eigenvalue weighted by atomic mass is 10.1. The predicted octanol–water partition coefficient (Wildman–Crippen LogP) is 1.84. The fourth-order valence-electron chi connectivity index (χ4n) is 3.77. The predicted molar refractivity (Wildman–Crippen MR) is 89.6 cm³/mol. The number of hydrogen-bond donors (Lipinski definition) is 2. The van der Waals surface area contributed by atoms with E-state index in [4.69, 9.17) is 5.26 Å². The summed E-state index contributed by atoms with van der Waals surface area (Å²) in [5, 5.41) is 24.8. The Morgan fingerprint density at radius 2 is 2.29 bits per heavy atom. The SMILES string of the molecule is N#Cc1ccnc(-n2nc(C(=O)N[C@H](CO)CC(F)(F)F)c3c2C2C[C@H]2C3)c1. The molecule has 3 atom stereocenters. The van der Waals surface area contributed by atoms with E-state index in [-0.39, 0.29) is 11.6 Å². The maximum Gasteiger partial charge on any atom is 0.391 e. The monoisotopic (exact) mass is 391 g/mol. The van der Waals surface area contributed by atoms with E-state index in [0.29, 0.717) is 29.3 Å². The summed E-state index contributed by atoms with van der Waals surface area (Å²) in [7, 11) is 0. The zero-order chi connectivity index (χ0) is 20.1. The number of nitrogens with zero attached hydrogens (tertiary/aromatic N) is 4. The van der Waals surface area contributed by atoms with Crippen molar-refractivity contribution in [3.05, 3.63) is 40.8 Å². The van der Waals surface area contributed by atoms with Crippen molar-refractivity contribution in [3.63, 3.8) is 0 Å². The van der Waals surface area contributed by atoms with Gasteiger partial charge in [-0.15, -0.1) is 0 Å². The van der Waals surface area contributed by atoms with E-state index >= 15 is 0 Å². The smallest absolute Gasteiger partial charge is 0.391 e. The average Bonchev–Trinajstić information content (AvgIpc) is 3.15. The molecular weight excluding hydrogens is 375 g/mol. The first-order valence-electron chi connectivity index (χ1n) is 8.77. The third kappa shape index (κ3) is 3.33. The van der Waals surface area contributed by atoms with Crippen LogP contribution >= 0.6 is 0 Å². The van der Waals surface area contributed by atoms with Gasteiger partial charge in [0.1, 0.15) is 0 Å². The number of aromatic nitrogens is 3. The van der Waals surface area contributed by atoms with E-state index in [1.807, 2.05) is 6.07 Å². The molecule has 10 heteroatoms. The van der Waals surface area contributed by atoms with Crippen LogP contribution in [0.1, 0.15) is 46.1 Å². The zero-order valence-corrected chi connectivity index (χ0v) is 14.6. The standard InChI is InChI=1S/C18H16F3N5O2/c19-18(20,21)6-11(8-27)24-17(28)15-13-5-10-4-12(10)16(13)26(25-15)14-3-9(7-22)1-2-23-14/h1-3,10-12,27H,4-6,8H2,(H,24,28)/t10-,11-,12?/m0/s1. The summed E-state index contributed by atoms with van der Waals surface area (Å²) in [5.74, 6) is 0.265. The summed E-state index contributed by atoms with van der Waals surface area (Å²) in [6, 6.07) is 3.67. The molecule has 0 aromatic carbocycles. The molecule has 2 aromatic rings. The van der Waals surface area contributed by atoms with Gasteiger partial charge in [-0.05, 0) is 24.8 Å². The number of halogens is 3. The van der Waals surface area contributed by atoms with Gasteiger partial charge in [-0.2, -0.15) is 23.5 Å². The highest BCUT2D eigenvalue weighted by Gasteiger charge is 2.50. The number of fused-ring (bicyclic) bond motifs is 3. The molecule has 1 unspecified atom stereocenters. The maximum atomic E-state index is 12.6. The largest absolute Gasteiger partial charge is 0.394 e. The Morgan fingerprint density at radius 3 is 2.96 bits per heavy atom. The van der Waals surface area contributed by atoms with E-state index in [1.54, 1.807) is 12.1 Å². The minimum Gasteiger partial charge on any atom is -0.394 e. The quantitative estimate of drug-likeness (QED) is 0.810. The van der Waals surface area contributed by atoms with Crippen molar-refractivity contribution in [1.29, 1.82) is 5.26 Å². The van der Waals surface area contributed by atoms with E-state index in [1.165, 1.54) is 10.9 Å². The summed E-state index contributed by atoms with van der Waals surface area (Å²) in [6.07, 6.45) is -2.78. The molecule has 2 heterocycles. The highest BCUT2D eigenvalue weighted by Crippen LogP contribution is 2.57. The molecule has 1 fully saturated rings. The molecule has 1 amide bonds. The Kier molecular flexibility index (Phi) is 4.34. The van der Waals surface area contributed by atoms with Gasteiger partial charge in [0.2, 0.25) is 0 Å². The fourth-order valence-corrected chi connectivity index (χ4v) is 3.77. The summed E-state index contributed by atoms with van der Waals surface area (Å²) < 4.78 is 39.3. The number of rotatable bonds is 5. The van der Waals surface area contributed by atoms with Gasteiger partial charge in [-0.25, -0.2) is 9.67 Å². The van der Waals surface area contributed by atoms with Crippen molar-refractivity contribution in [3.8, 4) is 11.9 Å². The first kappa shape index (κ1) is 18.4. The van der Waals surface area contributed by atoms with Crippen LogP contribution in [0.25, 0.3) is 5.82 Å². The molecule has 0 bridgehead atoms. The first-order valence-corrected chi connectivity index (χ1v) is 8.77. The summed E-state index contributed by atoms with van der Waals surface area (Å²) >= 11 is 0. The molecule has 0 aliphatic heterocycles. The molecule has 0 saturated heterocycles. The second-order valence-corrected chi connectivity index (χ2v) is 7.12. The molecular formula is C18H16F3N5O2. The number of nitriles is 1. The number of nitrogens with one attached hydrogen (secondary N) is 1. The van der Waals surface area contributed by atoms with Crippen molar-refractivity contribution in [2.45, 2.75) is 37.4 Å². The number of amides is 1. The van der Waals surface area contributed by atoms with Gasteiger partial charge < -0.3 is 10.4 Å². The van der Waals surface area contributed by atoms with E-state index < -0.39 is 31.2 Å². The van der Waals surface area contributed by atoms with Crippen molar-refractivity contribution in [2.24, 2.45) is 5.92 Å². The number of hydrogen-bond acceptors (Lipinski definition) is 5. The average molecular weight is 391 g/mol. The molecule has 2 N–H and O–H groups in total. The third-order valence-electron chi connectivity index (χ3n) is 5.10. The molecule has 0 radical (unpaired) electrons. The summed E-state index contributed by atoms with van der Waals surface area (Å²) in [5.41, 5.74) is 1.96. The maximum absolute atomic E-state index is 12.6. The molecule has 4 rings (SSSR count). The Bertz CT molecular complexity index is 979. The lowest BCUT2D eigenvalue weighted by molar-refractivity contribution is -0.141. The molecule has 28 heavy (non-hydrogen) atoms. The summed E-state index contributed by atoms with van der Waals surface area (Å²) in [6.45, 7) is -0.828. The van der Waals surface area contributed by atoms with Crippen molar-refractivity contribution in [1.82, 2.24) is 20.1 Å². The van der Waals surface area contributed by atoms with Crippen molar-refractivity contribution >= 4 is 5.91 Å².